The fourth-order valence-corrected chi connectivity index (χ4v) is 10.5. The summed E-state index contributed by atoms with van der Waals surface area (Å²) >= 11 is 0. The molecule has 12 aromatic rings. The third-order valence-corrected chi connectivity index (χ3v) is 14.3. The zero-order chi connectivity index (χ0) is 48.2. The lowest BCUT2D eigenvalue weighted by Crippen LogP contribution is -2.16. The number of fused-ring (bicyclic) bond motifs is 5. The van der Waals surface area contributed by atoms with Crippen LogP contribution in [0.2, 0.25) is 0 Å². The Labute approximate surface area is 419 Å². The summed E-state index contributed by atoms with van der Waals surface area (Å²) in [6, 6.07) is 87.9. The van der Waals surface area contributed by atoms with Crippen LogP contribution in [0.3, 0.4) is 0 Å². The highest BCUT2D eigenvalue weighted by Gasteiger charge is 2.35. The fraction of sp³-hybridized carbons (Fsp3) is 0.0448. The summed E-state index contributed by atoms with van der Waals surface area (Å²) in [4.78, 5) is 22.9. The molecule has 0 N–H and O–H groups in total. The molecule has 0 aliphatic heterocycles. The van der Waals surface area contributed by atoms with E-state index in [1.165, 1.54) is 22.3 Å². The number of hydrogen-bond acceptors (Lipinski definition) is 5. The molecule has 0 radical (unpaired) electrons. The first-order valence-corrected chi connectivity index (χ1v) is 24.5. The van der Waals surface area contributed by atoms with E-state index < -0.39 is 0 Å². The molecule has 13 rings (SSSR count). The molecule has 0 bridgehead atoms. The minimum atomic E-state index is -0.139. The van der Waals surface area contributed by atoms with Crippen LogP contribution < -0.4 is 4.90 Å². The molecule has 0 atom stereocenters. The van der Waals surface area contributed by atoms with E-state index in [0.717, 1.165) is 106 Å². The number of anilines is 3. The van der Waals surface area contributed by atoms with Gasteiger partial charge >= 0.3 is 0 Å². The van der Waals surface area contributed by atoms with Crippen LogP contribution in [0.4, 0.5) is 17.1 Å². The van der Waals surface area contributed by atoms with E-state index in [-0.39, 0.29) is 5.41 Å². The van der Waals surface area contributed by atoms with Gasteiger partial charge in [0.25, 0.3) is 0 Å². The van der Waals surface area contributed by atoms with Gasteiger partial charge in [0.15, 0.2) is 0 Å². The van der Waals surface area contributed by atoms with Crippen molar-refractivity contribution in [3.63, 3.8) is 0 Å². The maximum atomic E-state index is 5.14. The lowest BCUT2D eigenvalue weighted by atomic mass is 9.82. The van der Waals surface area contributed by atoms with Crippen molar-refractivity contribution in [2.75, 3.05) is 4.90 Å². The van der Waals surface area contributed by atoms with Crippen LogP contribution >= 0.6 is 0 Å². The highest BCUT2D eigenvalue weighted by Crippen LogP contribution is 2.51. The second-order valence-electron chi connectivity index (χ2n) is 19.0. The van der Waals surface area contributed by atoms with Gasteiger partial charge in [0.05, 0.1) is 44.8 Å². The lowest BCUT2D eigenvalue weighted by Gasteiger charge is -2.28. The number of benzene rings is 10. The van der Waals surface area contributed by atoms with Gasteiger partial charge in [-0.25, -0.2) is 19.9 Å². The number of nitrogens with zero attached hydrogens (tertiary/aromatic N) is 5. The van der Waals surface area contributed by atoms with E-state index in [1.807, 2.05) is 84.9 Å². The standard InChI is InChI=1S/C67H47N5/c1-67(2)57-20-10-9-19-55(57)56-42-41-54(43-58(56)67)72(52-37-33-46(34-38-52)44-25-29-50(30-26-44)65-63(48-15-5-3-6-16-48)68-59-21-11-13-23-61(59)70-65)53-39-35-47(36-40-53)45-27-31-51(32-28-45)66-64(49-17-7-4-8-18-49)69-60-22-12-14-24-62(60)71-66/h3-43H,1-2H3. The van der Waals surface area contributed by atoms with Crippen molar-refractivity contribution in [2.24, 2.45) is 0 Å². The zero-order valence-corrected chi connectivity index (χ0v) is 39.9. The SMILES string of the molecule is CC1(C)c2ccccc2-c2ccc(N(c3ccc(-c4ccc(-c5nc6ccccc6nc5-c5ccccc5)cc4)cc3)c3ccc(-c4ccc(-c5nc6ccccc6nc5-c5ccccc5)cc4)cc3)cc21. The molecular weight excluding hydrogens is 875 g/mol. The van der Waals surface area contributed by atoms with E-state index in [0.29, 0.717) is 0 Å². The summed E-state index contributed by atoms with van der Waals surface area (Å²) in [7, 11) is 0. The minimum absolute atomic E-state index is 0.139. The van der Waals surface area contributed by atoms with Crippen LogP contribution in [-0.2, 0) is 5.41 Å². The van der Waals surface area contributed by atoms with Crippen LogP contribution in [-0.4, -0.2) is 19.9 Å². The quantitative estimate of drug-likeness (QED) is 0.144. The summed E-state index contributed by atoms with van der Waals surface area (Å²) in [6.45, 7) is 4.69. The Balaban J connectivity index is 0.839. The first-order chi connectivity index (χ1) is 35.4. The van der Waals surface area contributed by atoms with Crippen LogP contribution in [0, 0.1) is 0 Å². The van der Waals surface area contributed by atoms with Crippen molar-refractivity contribution in [3.05, 3.63) is 260 Å². The smallest absolute Gasteiger partial charge is 0.0973 e. The molecule has 0 fully saturated rings. The summed E-state index contributed by atoms with van der Waals surface area (Å²) in [5.41, 5.74) is 24.1. The number of aromatic nitrogens is 4. The van der Waals surface area contributed by atoms with Gasteiger partial charge in [0.1, 0.15) is 0 Å². The molecule has 10 aromatic carbocycles. The highest BCUT2D eigenvalue weighted by atomic mass is 15.1. The maximum Gasteiger partial charge on any atom is 0.0973 e. The van der Waals surface area contributed by atoms with Gasteiger partial charge in [0, 0.05) is 44.7 Å². The van der Waals surface area contributed by atoms with E-state index in [9.17, 15) is 0 Å². The zero-order valence-electron chi connectivity index (χ0n) is 39.9. The molecule has 5 heteroatoms. The van der Waals surface area contributed by atoms with Crippen molar-refractivity contribution in [1.29, 1.82) is 0 Å². The van der Waals surface area contributed by atoms with E-state index in [1.54, 1.807) is 0 Å². The largest absolute Gasteiger partial charge is 0.310 e. The Morgan fingerprint density at radius 2 is 0.569 bits per heavy atom. The average Bonchev–Trinajstić information content (AvgIpc) is 3.68. The van der Waals surface area contributed by atoms with Crippen molar-refractivity contribution in [3.8, 4) is 78.4 Å². The first kappa shape index (κ1) is 42.8. The molecule has 72 heavy (non-hydrogen) atoms. The topological polar surface area (TPSA) is 54.8 Å². The van der Waals surface area contributed by atoms with Gasteiger partial charge in [-0.05, 0) is 105 Å². The van der Waals surface area contributed by atoms with Crippen LogP contribution in [0.25, 0.3) is 100 Å². The van der Waals surface area contributed by atoms with E-state index in [4.69, 9.17) is 19.9 Å². The Hall–Kier alpha value is -9.32. The number of hydrogen-bond donors (Lipinski definition) is 0. The van der Waals surface area contributed by atoms with Gasteiger partial charge in [-0.15, -0.1) is 0 Å². The summed E-state index contributed by atoms with van der Waals surface area (Å²) < 4.78 is 0. The molecule has 2 heterocycles. The molecule has 0 spiro atoms. The van der Waals surface area contributed by atoms with E-state index in [2.05, 4.69) is 183 Å². The molecule has 1 aliphatic rings. The Morgan fingerprint density at radius 3 is 0.986 bits per heavy atom. The molecule has 0 amide bonds. The van der Waals surface area contributed by atoms with Crippen molar-refractivity contribution in [1.82, 2.24) is 19.9 Å². The third kappa shape index (κ3) is 7.60. The Kier molecular flexibility index (Phi) is 10.4. The molecule has 1 aliphatic carbocycles. The Morgan fingerprint density at radius 1 is 0.264 bits per heavy atom. The third-order valence-electron chi connectivity index (χ3n) is 14.3. The highest BCUT2D eigenvalue weighted by molar-refractivity contribution is 5.90. The molecule has 2 aromatic heterocycles. The average molecular weight is 922 g/mol. The van der Waals surface area contributed by atoms with Gasteiger partial charge in [-0.2, -0.15) is 0 Å². The number of rotatable bonds is 9. The van der Waals surface area contributed by atoms with Crippen molar-refractivity contribution >= 4 is 39.1 Å². The molecular formula is C67H47N5. The predicted molar refractivity (Wildman–Crippen MR) is 297 cm³/mol. The minimum Gasteiger partial charge on any atom is -0.310 e. The molecule has 0 saturated carbocycles. The lowest BCUT2D eigenvalue weighted by molar-refractivity contribution is 0.660. The van der Waals surface area contributed by atoms with Crippen LogP contribution in [0.1, 0.15) is 25.0 Å². The second-order valence-corrected chi connectivity index (χ2v) is 19.0. The Bertz CT molecular complexity index is 3750. The molecule has 340 valence electrons. The molecule has 0 unspecified atom stereocenters. The van der Waals surface area contributed by atoms with Crippen LogP contribution in [0.5, 0.6) is 0 Å². The summed E-state index contributed by atoms with van der Waals surface area (Å²) in [5, 5.41) is 0. The summed E-state index contributed by atoms with van der Waals surface area (Å²) in [5.74, 6) is 0. The fourth-order valence-electron chi connectivity index (χ4n) is 10.5. The number of para-hydroxylation sites is 4. The van der Waals surface area contributed by atoms with Crippen molar-refractivity contribution < 1.29 is 0 Å². The van der Waals surface area contributed by atoms with Crippen molar-refractivity contribution in [2.45, 2.75) is 19.3 Å². The van der Waals surface area contributed by atoms with Crippen LogP contribution in [0.15, 0.2) is 249 Å². The second kappa shape index (κ2) is 17.6. The van der Waals surface area contributed by atoms with Gasteiger partial charge in [0.2, 0.25) is 0 Å². The first-order valence-electron chi connectivity index (χ1n) is 24.5. The molecule has 0 saturated heterocycles. The van der Waals surface area contributed by atoms with E-state index >= 15 is 0 Å². The normalized spacial score (nSPS) is 12.4. The monoisotopic (exact) mass is 921 g/mol. The van der Waals surface area contributed by atoms with Gasteiger partial charge < -0.3 is 4.90 Å². The predicted octanol–water partition coefficient (Wildman–Crippen LogP) is 17.4. The summed E-state index contributed by atoms with van der Waals surface area (Å²) in [6.07, 6.45) is 0. The van der Waals surface area contributed by atoms with Gasteiger partial charge in [-0.3, -0.25) is 0 Å². The molecule has 5 nitrogen and oxygen atoms in total. The van der Waals surface area contributed by atoms with Gasteiger partial charge in [-0.1, -0.05) is 202 Å². The maximum absolute atomic E-state index is 5.14.